The van der Waals surface area contributed by atoms with Gasteiger partial charge in [0.05, 0.1) is 17.5 Å². The maximum Gasteiger partial charge on any atom is 0.214 e. The number of nitrogens with zero attached hydrogens (tertiary/aromatic N) is 5. The van der Waals surface area contributed by atoms with Crippen LogP contribution in [0, 0.1) is 0 Å². The summed E-state index contributed by atoms with van der Waals surface area (Å²) in [5.41, 5.74) is 1.27. The maximum atomic E-state index is 10.1. The fourth-order valence-electron chi connectivity index (χ4n) is 3.57. The number of piperazine rings is 1. The number of hydrogen-bond acceptors (Lipinski definition) is 6. The minimum atomic E-state index is -0.665. The molecule has 1 aliphatic rings. The second-order valence-corrected chi connectivity index (χ2v) is 9.21. The van der Waals surface area contributed by atoms with Crippen LogP contribution in [0.5, 0.6) is 0 Å². The number of anilines is 1. The zero-order chi connectivity index (χ0) is 19.2. The van der Waals surface area contributed by atoms with Gasteiger partial charge in [0.25, 0.3) is 0 Å². The highest BCUT2D eigenvalue weighted by atomic mass is 35.5. The van der Waals surface area contributed by atoms with Gasteiger partial charge in [-0.3, -0.25) is 4.90 Å². The number of aliphatic hydroxyl groups is 1. The summed E-state index contributed by atoms with van der Waals surface area (Å²) < 4.78 is 1.86. The van der Waals surface area contributed by atoms with E-state index >= 15 is 0 Å². The van der Waals surface area contributed by atoms with Gasteiger partial charge in [-0.15, -0.1) is 5.10 Å². The first kappa shape index (κ1) is 18.7. The van der Waals surface area contributed by atoms with Crippen LogP contribution in [0.2, 0.25) is 5.02 Å². The summed E-state index contributed by atoms with van der Waals surface area (Å²) in [7, 11) is 0. The van der Waals surface area contributed by atoms with Crippen LogP contribution >= 0.6 is 22.9 Å². The molecule has 1 fully saturated rings. The van der Waals surface area contributed by atoms with Crippen LogP contribution < -0.4 is 4.90 Å². The molecule has 0 bridgehead atoms. The maximum absolute atomic E-state index is 10.1. The van der Waals surface area contributed by atoms with Gasteiger partial charge in [-0.25, -0.2) is 9.50 Å². The third kappa shape index (κ3) is 4.11. The van der Waals surface area contributed by atoms with E-state index in [0.717, 1.165) is 46.0 Å². The SMILES string of the molecule is CC1CN(CC(C)(C)O)CCN1c1nn2cc(-c3ccc(Cl)cc3)nc2s1. The predicted octanol–water partition coefficient (Wildman–Crippen LogP) is 3.39. The summed E-state index contributed by atoms with van der Waals surface area (Å²) >= 11 is 7.58. The van der Waals surface area contributed by atoms with E-state index < -0.39 is 5.60 Å². The minimum absolute atomic E-state index is 0.340. The van der Waals surface area contributed by atoms with Crippen LogP contribution in [0.15, 0.2) is 30.5 Å². The molecular weight excluding hydrogens is 382 g/mol. The third-order valence-electron chi connectivity index (χ3n) is 4.74. The van der Waals surface area contributed by atoms with Gasteiger partial charge in [0.2, 0.25) is 10.1 Å². The number of β-amino-alcohol motifs (C(OH)–C–C–N with tert-alkyl or cyclic N) is 1. The van der Waals surface area contributed by atoms with Gasteiger partial charge in [0.15, 0.2) is 0 Å². The summed E-state index contributed by atoms with van der Waals surface area (Å²) in [5, 5.41) is 16.5. The van der Waals surface area contributed by atoms with E-state index in [1.807, 2.05) is 48.8 Å². The van der Waals surface area contributed by atoms with Crippen LogP contribution in [0.3, 0.4) is 0 Å². The number of halogens is 1. The van der Waals surface area contributed by atoms with Crippen molar-refractivity contribution >= 4 is 33.0 Å². The van der Waals surface area contributed by atoms with Gasteiger partial charge in [-0.2, -0.15) is 0 Å². The third-order valence-corrected chi connectivity index (χ3v) is 5.95. The van der Waals surface area contributed by atoms with E-state index in [2.05, 4.69) is 16.7 Å². The Kier molecular flexibility index (Phi) is 4.88. The monoisotopic (exact) mass is 405 g/mol. The fraction of sp³-hybridized carbons (Fsp3) is 0.474. The van der Waals surface area contributed by atoms with Crippen LogP contribution in [-0.4, -0.2) is 62.4 Å². The number of fused-ring (bicyclic) bond motifs is 1. The Labute approximate surface area is 168 Å². The largest absolute Gasteiger partial charge is 0.389 e. The van der Waals surface area contributed by atoms with Gasteiger partial charge < -0.3 is 10.0 Å². The van der Waals surface area contributed by atoms with Gasteiger partial charge >= 0.3 is 0 Å². The van der Waals surface area contributed by atoms with Crippen molar-refractivity contribution in [3.05, 3.63) is 35.5 Å². The van der Waals surface area contributed by atoms with Crippen molar-refractivity contribution in [2.75, 3.05) is 31.1 Å². The molecule has 0 spiro atoms. The van der Waals surface area contributed by atoms with E-state index in [-0.39, 0.29) is 0 Å². The van der Waals surface area contributed by atoms with Crippen molar-refractivity contribution in [1.82, 2.24) is 19.5 Å². The molecule has 0 radical (unpaired) electrons. The van der Waals surface area contributed by atoms with E-state index in [9.17, 15) is 5.11 Å². The Morgan fingerprint density at radius 3 is 2.63 bits per heavy atom. The molecule has 27 heavy (non-hydrogen) atoms. The Bertz CT molecular complexity index is 898. The molecule has 0 aliphatic carbocycles. The predicted molar refractivity (Wildman–Crippen MR) is 111 cm³/mol. The lowest BCUT2D eigenvalue weighted by Gasteiger charge is -2.41. The Hall–Kier alpha value is -1.67. The van der Waals surface area contributed by atoms with Gasteiger partial charge in [0, 0.05) is 42.8 Å². The zero-order valence-electron chi connectivity index (χ0n) is 15.8. The minimum Gasteiger partial charge on any atom is -0.389 e. The molecule has 0 amide bonds. The van der Waals surface area contributed by atoms with Crippen LogP contribution in [0.1, 0.15) is 20.8 Å². The molecule has 6 nitrogen and oxygen atoms in total. The van der Waals surface area contributed by atoms with E-state index in [1.54, 1.807) is 11.3 Å². The molecule has 2 aromatic heterocycles. The summed E-state index contributed by atoms with van der Waals surface area (Å²) in [6.45, 7) is 9.36. The number of imidazole rings is 1. The number of hydrogen-bond donors (Lipinski definition) is 1. The van der Waals surface area contributed by atoms with Crippen molar-refractivity contribution in [2.45, 2.75) is 32.4 Å². The first-order valence-corrected chi connectivity index (χ1v) is 10.3. The highest BCUT2D eigenvalue weighted by Crippen LogP contribution is 2.29. The molecule has 4 rings (SSSR count). The first-order valence-electron chi connectivity index (χ1n) is 9.12. The lowest BCUT2D eigenvalue weighted by atomic mass is 10.1. The second-order valence-electron chi connectivity index (χ2n) is 7.83. The molecule has 1 saturated heterocycles. The topological polar surface area (TPSA) is 56.9 Å². The summed E-state index contributed by atoms with van der Waals surface area (Å²) in [6, 6.07) is 8.03. The average Bonchev–Trinajstić information content (AvgIpc) is 3.13. The normalized spacial score (nSPS) is 19.1. The standard InChI is InChI=1S/C19H24ClN5OS/c1-13-10-23(12-19(2,3)26)8-9-24(13)18-22-25-11-16(21-17(25)27-18)14-4-6-15(20)7-5-14/h4-7,11,13,26H,8-10,12H2,1-3H3. The molecule has 1 N–H and O–H groups in total. The van der Waals surface area contributed by atoms with Crippen LogP contribution in [-0.2, 0) is 0 Å². The Morgan fingerprint density at radius 1 is 1.26 bits per heavy atom. The van der Waals surface area contributed by atoms with Crippen molar-refractivity contribution in [1.29, 1.82) is 0 Å². The molecule has 1 unspecified atom stereocenters. The van der Waals surface area contributed by atoms with E-state index in [0.29, 0.717) is 12.6 Å². The molecule has 0 saturated carbocycles. The van der Waals surface area contributed by atoms with E-state index in [4.69, 9.17) is 21.7 Å². The first-order chi connectivity index (χ1) is 12.8. The Morgan fingerprint density at radius 2 is 2.00 bits per heavy atom. The number of aromatic nitrogens is 3. The molecule has 1 atom stereocenters. The van der Waals surface area contributed by atoms with Crippen LogP contribution in [0.25, 0.3) is 16.2 Å². The molecule has 144 valence electrons. The number of rotatable bonds is 4. The zero-order valence-corrected chi connectivity index (χ0v) is 17.3. The second kappa shape index (κ2) is 7.05. The van der Waals surface area contributed by atoms with Gasteiger partial charge in [-0.05, 0) is 32.9 Å². The molecule has 3 aromatic rings. The number of benzene rings is 1. The Balaban J connectivity index is 1.50. The summed E-state index contributed by atoms with van der Waals surface area (Å²) in [6.07, 6.45) is 1.97. The van der Waals surface area contributed by atoms with Gasteiger partial charge in [0.1, 0.15) is 0 Å². The lowest BCUT2D eigenvalue weighted by Crippen LogP contribution is -2.54. The van der Waals surface area contributed by atoms with Crippen LogP contribution in [0.4, 0.5) is 5.13 Å². The van der Waals surface area contributed by atoms with Crippen molar-refractivity contribution in [3.63, 3.8) is 0 Å². The van der Waals surface area contributed by atoms with Crippen molar-refractivity contribution in [3.8, 4) is 11.3 Å². The molecule has 3 heterocycles. The smallest absolute Gasteiger partial charge is 0.214 e. The fourth-order valence-corrected chi connectivity index (χ4v) is 4.71. The quantitative estimate of drug-likeness (QED) is 0.721. The van der Waals surface area contributed by atoms with Gasteiger partial charge in [-0.1, -0.05) is 35.1 Å². The molecular formula is C19H24ClN5OS. The highest BCUT2D eigenvalue weighted by Gasteiger charge is 2.29. The van der Waals surface area contributed by atoms with Crippen molar-refractivity contribution in [2.24, 2.45) is 0 Å². The molecule has 1 aromatic carbocycles. The average molecular weight is 406 g/mol. The lowest BCUT2D eigenvalue weighted by molar-refractivity contribution is 0.0308. The summed E-state index contributed by atoms with van der Waals surface area (Å²) in [5.74, 6) is 0. The summed E-state index contributed by atoms with van der Waals surface area (Å²) in [4.78, 5) is 10.3. The molecule has 8 heteroatoms. The van der Waals surface area contributed by atoms with Crippen molar-refractivity contribution < 1.29 is 5.11 Å². The molecule has 1 aliphatic heterocycles. The van der Waals surface area contributed by atoms with E-state index in [1.165, 1.54) is 0 Å². The highest BCUT2D eigenvalue weighted by molar-refractivity contribution is 7.20.